The van der Waals surface area contributed by atoms with Crippen LogP contribution in [0.2, 0.25) is 0 Å². The van der Waals surface area contributed by atoms with Crippen molar-refractivity contribution in [3.05, 3.63) is 54.1 Å². The summed E-state index contributed by atoms with van der Waals surface area (Å²) < 4.78 is 26.3. The topological polar surface area (TPSA) is 74.7 Å². The summed E-state index contributed by atoms with van der Waals surface area (Å²) in [4.78, 5) is 11.3. The molecule has 0 aliphatic heterocycles. The van der Waals surface area contributed by atoms with Crippen LogP contribution in [0.3, 0.4) is 0 Å². The van der Waals surface area contributed by atoms with Crippen molar-refractivity contribution in [1.82, 2.24) is 4.31 Å². The molecule has 5 nitrogen and oxygen atoms in total. The SMILES string of the molecule is CCN(CC)S(=O)(=O)c1ccc(-c2cccc(C(=O)O)c2)cc1. The standard InChI is InChI=1S/C17H19NO4S/c1-3-18(4-2)23(21,22)16-10-8-13(9-11-16)14-6-5-7-15(12-14)17(19)20/h5-12H,3-4H2,1-2H3,(H,19,20). The number of benzene rings is 2. The molecule has 122 valence electrons. The molecule has 6 heteroatoms. The Kier molecular flexibility index (Phi) is 5.18. The summed E-state index contributed by atoms with van der Waals surface area (Å²) in [6.07, 6.45) is 0. The molecule has 0 amide bonds. The van der Waals surface area contributed by atoms with Gasteiger partial charge in [-0.3, -0.25) is 0 Å². The van der Waals surface area contributed by atoms with Gasteiger partial charge in [0, 0.05) is 13.1 Å². The molecule has 0 heterocycles. The third-order valence-electron chi connectivity index (χ3n) is 3.64. The summed E-state index contributed by atoms with van der Waals surface area (Å²) in [5.74, 6) is -0.993. The number of nitrogens with zero attached hydrogens (tertiary/aromatic N) is 1. The third-order valence-corrected chi connectivity index (χ3v) is 5.70. The van der Waals surface area contributed by atoms with E-state index in [0.717, 1.165) is 11.1 Å². The van der Waals surface area contributed by atoms with Crippen LogP contribution in [-0.4, -0.2) is 36.9 Å². The minimum atomic E-state index is -3.48. The maximum absolute atomic E-state index is 12.4. The van der Waals surface area contributed by atoms with E-state index in [0.29, 0.717) is 13.1 Å². The van der Waals surface area contributed by atoms with Crippen molar-refractivity contribution in [3.8, 4) is 11.1 Å². The fourth-order valence-electron chi connectivity index (χ4n) is 2.36. The summed E-state index contributed by atoms with van der Waals surface area (Å²) in [7, 11) is -3.48. The number of sulfonamides is 1. The molecule has 0 aliphatic rings. The molecule has 0 atom stereocenters. The maximum Gasteiger partial charge on any atom is 0.335 e. The second-order valence-electron chi connectivity index (χ2n) is 5.00. The van der Waals surface area contributed by atoms with E-state index >= 15 is 0 Å². The lowest BCUT2D eigenvalue weighted by atomic mass is 10.0. The van der Waals surface area contributed by atoms with E-state index < -0.39 is 16.0 Å². The Bertz CT molecular complexity index is 794. The Hall–Kier alpha value is -2.18. The van der Waals surface area contributed by atoms with Crippen LogP contribution in [0.5, 0.6) is 0 Å². The average Bonchev–Trinajstić information content (AvgIpc) is 2.56. The van der Waals surface area contributed by atoms with E-state index in [9.17, 15) is 13.2 Å². The highest BCUT2D eigenvalue weighted by Crippen LogP contribution is 2.23. The number of aromatic carboxylic acids is 1. The fraction of sp³-hybridized carbons (Fsp3) is 0.235. The molecule has 0 saturated heterocycles. The van der Waals surface area contributed by atoms with Crippen molar-refractivity contribution in [2.24, 2.45) is 0 Å². The maximum atomic E-state index is 12.4. The lowest BCUT2D eigenvalue weighted by Gasteiger charge is -2.18. The van der Waals surface area contributed by atoms with Gasteiger partial charge in [-0.2, -0.15) is 4.31 Å². The number of carboxylic acid groups (broad SMARTS) is 1. The lowest BCUT2D eigenvalue weighted by molar-refractivity contribution is 0.0697. The first-order chi connectivity index (χ1) is 10.9. The smallest absolute Gasteiger partial charge is 0.335 e. The zero-order valence-corrected chi connectivity index (χ0v) is 13.9. The molecule has 0 spiro atoms. The average molecular weight is 333 g/mol. The Balaban J connectivity index is 2.37. The molecule has 0 aliphatic carbocycles. The van der Waals surface area contributed by atoms with Gasteiger partial charge in [-0.25, -0.2) is 13.2 Å². The van der Waals surface area contributed by atoms with Gasteiger partial charge in [-0.15, -0.1) is 0 Å². The second kappa shape index (κ2) is 6.93. The fourth-order valence-corrected chi connectivity index (χ4v) is 3.82. The van der Waals surface area contributed by atoms with E-state index in [2.05, 4.69) is 0 Å². The molecule has 1 N–H and O–H groups in total. The molecule has 2 aromatic carbocycles. The molecule has 2 rings (SSSR count). The first kappa shape index (κ1) is 17.2. The van der Waals surface area contributed by atoms with Gasteiger partial charge in [0.15, 0.2) is 0 Å². The Labute approximate surface area is 136 Å². The minimum absolute atomic E-state index is 0.197. The molecule has 2 aromatic rings. The molecule has 0 radical (unpaired) electrons. The van der Waals surface area contributed by atoms with E-state index in [4.69, 9.17) is 5.11 Å². The quantitative estimate of drug-likeness (QED) is 0.881. The van der Waals surface area contributed by atoms with Crippen LogP contribution in [0.25, 0.3) is 11.1 Å². The molecular formula is C17H19NO4S. The van der Waals surface area contributed by atoms with Gasteiger partial charge in [-0.1, -0.05) is 38.1 Å². The van der Waals surface area contributed by atoms with Crippen molar-refractivity contribution in [2.75, 3.05) is 13.1 Å². The van der Waals surface area contributed by atoms with Gasteiger partial charge < -0.3 is 5.11 Å². The summed E-state index contributed by atoms with van der Waals surface area (Å²) >= 11 is 0. The van der Waals surface area contributed by atoms with E-state index in [-0.39, 0.29) is 10.5 Å². The highest BCUT2D eigenvalue weighted by molar-refractivity contribution is 7.89. The molecule has 0 bridgehead atoms. The van der Waals surface area contributed by atoms with Crippen LogP contribution in [-0.2, 0) is 10.0 Å². The zero-order chi connectivity index (χ0) is 17.0. The monoisotopic (exact) mass is 333 g/mol. The first-order valence-corrected chi connectivity index (χ1v) is 8.78. The Morgan fingerprint density at radius 3 is 2.13 bits per heavy atom. The van der Waals surface area contributed by atoms with E-state index in [1.807, 2.05) is 0 Å². The van der Waals surface area contributed by atoms with Crippen LogP contribution in [0.4, 0.5) is 0 Å². The minimum Gasteiger partial charge on any atom is -0.478 e. The van der Waals surface area contributed by atoms with Crippen LogP contribution < -0.4 is 0 Å². The predicted molar refractivity (Wildman–Crippen MR) is 88.9 cm³/mol. The number of carboxylic acids is 1. The summed E-state index contributed by atoms with van der Waals surface area (Å²) in [5.41, 5.74) is 1.70. The van der Waals surface area contributed by atoms with Crippen molar-refractivity contribution < 1.29 is 18.3 Å². The predicted octanol–water partition coefficient (Wildman–Crippen LogP) is 3.08. The van der Waals surface area contributed by atoms with Gasteiger partial charge in [-0.05, 0) is 35.4 Å². The normalized spacial score (nSPS) is 11.6. The number of hydrogen-bond donors (Lipinski definition) is 1. The highest BCUT2D eigenvalue weighted by Gasteiger charge is 2.21. The van der Waals surface area contributed by atoms with E-state index in [1.54, 1.807) is 56.3 Å². The molecule has 0 aromatic heterocycles. The first-order valence-electron chi connectivity index (χ1n) is 7.34. The van der Waals surface area contributed by atoms with Gasteiger partial charge in [0.2, 0.25) is 10.0 Å². The van der Waals surface area contributed by atoms with Gasteiger partial charge in [0.25, 0.3) is 0 Å². The second-order valence-corrected chi connectivity index (χ2v) is 6.94. The highest BCUT2D eigenvalue weighted by atomic mass is 32.2. The van der Waals surface area contributed by atoms with Crippen molar-refractivity contribution in [1.29, 1.82) is 0 Å². The zero-order valence-electron chi connectivity index (χ0n) is 13.1. The lowest BCUT2D eigenvalue weighted by Crippen LogP contribution is -2.30. The van der Waals surface area contributed by atoms with Gasteiger partial charge in [0.05, 0.1) is 10.5 Å². The molecule has 0 saturated carbocycles. The number of carbonyl (C=O) groups is 1. The Morgan fingerprint density at radius 2 is 1.61 bits per heavy atom. The third kappa shape index (κ3) is 3.60. The van der Waals surface area contributed by atoms with Crippen molar-refractivity contribution in [2.45, 2.75) is 18.7 Å². The van der Waals surface area contributed by atoms with Crippen molar-refractivity contribution >= 4 is 16.0 Å². The number of rotatable bonds is 6. The van der Waals surface area contributed by atoms with Crippen LogP contribution >= 0.6 is 0 Å². The summed E-state index contributed by atoms with van der Waals surface area (Å²) in [6.45, 7) is 4.43. The largest absolute Gasteiger partial charge is 0.478 e. The van der Waals surface area contributed by atoms with E-state index in [1.165, 1.54) is 10.4 Å². The van der Waals surface area contributed by atoms with Gasteiger partial charge >= 0.3 is 5.97 Å². The molecule has 0 fully saturated rings. The summed E-state index contributed by atoms with van der Waals surface area (Å²) in [5, 5.41) is 9.04. The Morgan fingerprint density at radius 1 is 1.00 bits per heavy atom. The van der Waals surface area contributed by atoms with Crippen LogP contribution in [0.1, 0.15) is 24.2 Å². The summed E-state index contributed by atoms with van der Waals surface area (Å²) in [6, 6.07) is 13.0. The van der Waals surface area contributed by atoms with Crippen molar-refractivity contribution in [3.63, 3.8) is 0 Å². The number of hydrogen-bond acceptors (Lipinski definition) is 3. The molecule has 0 unspecified atom stereocenters. The van der Waals surface area contributed by atoms with Crippen LogP contribution in [0.15, 0.2) is 53.4 Å². The molecular weight excluding hydrogens is 314 g/mol. The molecule has 23 heavy (non-hydrogen) atoms. The van der Waals surface area contributed by atoms with Crippen LogP contribution in [0, 0.1) is 0 Å². The van der Waals surface area contributed by atoms with Gasteiger partial charge in [0.1, 0.15) is 0 Å².